The number of benzene rings is 1. The molecule has 1 N–H and O–H groups in total. The molecule has 0 spiro atoms. The number of carbonyl (C=O) groups excluding carboxylic acids is 1. The van der Waals surface area contributed by atoms with Crippen LogP contribution in [0, 0.1) is 0 Å². The second-order valence-corrected chi connectivity index (χ2v) is 7.02. The second kappa shape index (κ2) is 9.18. The van der Waals surface area contributed by atoms with Crippen LogP contribution in [0.4, 0.5) is 0 Å². The van der Waals surface area contributed by atoms with Gasteiger partial charge < -0.3 is 10.1 Å². The Morgan fingerprint density at radius 2 is 1.93 bits per heavy atom. The van der Waals surface area contributed by atoms with Crippen LogP contribution in [0.3, 0.4) is 0 Å². The third kappa shape index (κ3) is 4.58. The van der Waals surface area contributed by atoms with E-state index in [1.807, 2.05) is 24.4 Å². The third-order valence-corrected chi connectivity index (χ3v) is 5.01. The average Bonchev–Trinajstić information content (AvgIpc) is 3.20. The summed E-state index contributed by atoms with van der Waals surface area (Å²) < 4.78 is 7.87. The van der Waals surface area contributed by atoms with Crippen LogP contribution in [0.5, 0.6) is 5.75 Å². The van der Waals surface area contributed by atoms with Crippen molar-refractivity contribution in [2.45, 2.75) is 19.9 Å². The minimum absolute atomic E-state index is 0.202. The SMILES string of the molecule is CCOc1ccccc1-n1ccn(CC(=O)NCCc2cccs2)c(=O)c1=O. The van der Waals surface area contributed by atoms with Gasteiger partial charge in [0.25, 0.3) is 0 Å². The fourth-order valence-electron chi connectivity index (χ4n) is 2.75. The van der Waals surface area contributed by atoms with E-state index in [-0.39, 0.29) is 12.5 Å². The van der Waals surface area contributed by atoms with Gasteiger partial charge in [0.05, 0.1) is 12.3 Å². The summed E-state index contributed by atoms with van der Waals surface area (Å²) in [6.45, 7) is 2.56. The summed E-state index contributed by atoms with van der Waals surface area (Å²) in [5.74, 6) is 0.195. The molecule has 3 aromatic rings. The van der Waals surface area contributed by atoms with E-state index >= 15 is 0 Å². The van der Waals surface area contributed by atoms with Crippen molar-refractivity contribution in [3.05, 3.63) is 79.8 Å². The van der Waals surface area contributed by atoms with Crippen molar-refractivity contribution in [2.24, 2.45) is 0 Å². The van der Waals surface area contributed by atoms with E-state index in [9.17, 15) is 14.4 Å². The van der Waals surface area contributed by atoms with Crippen molar-refractivity contribution < 1.29 is 9.53 Å². The van der Waals surface area contributed by atoms with Crippen molar-refractivity contribution in [1.29, 1.82) is 0 Å². The lowest BCUT2D eigenvalue weighted by Crippen LogP contribution is -2.42. The summed E-state index contributed by atoms with van der Waals surface area (Å²) in [7, 11) is 0. The van der Waals surface area contributed by atoms with Crippen LogP contribution >= 0.6 is 11.3 Å². The molecule has 0 unspecified atom stereocenters. The molecule has 1 aromatic carbocycles. The maximum Gasteiger partial charge on any atom is 0.321 e. The Morgan fingerprint density at radius 1 is 1.11 bits per heavy atom. The van der Waals surface area contributed by atoms with Gasteiger partial charge in [0, 0.05) is 23.8 Å². The monoisotopic (exact) mass is 399 g/mol. The molecule has 2 heterocycles. The summed E-state index contributed by atoms with van der Waals surface area (Å²) in [4.78, 5) is 38.3. The van der Waals surface area contributed by atoms with Crippen molar-refractivity contribution in [3.63, 3.8) is 0 Å². The first kappa shape index (κ1) is 19.6. The smallest absolute Gasteiger partial charge is 0.321 e. The van der Waals surface area contributed by atoms with E-state index in [0.717, 1.165) is 11.0 Å². The van der Waals surface area contributed by atoms with E-state index in [2.05, 4.69) is 5.32 Å². The lowest BCUT2D eigenvalue weighted by molar-refractivity contribution is -0.121. The first-order valence-corrected chi connectivity index (χ1v) is 9.81. The molecular formula is C20H21N3O4S. The van der Waals surface area contributed by atoms with Crippen molar-refractivity contribution >= 4 is 17.2 Å². The van der Waals surface area contributed by atoms with Gasteiger partial charge in [-0.3, -0.25) is 23.5 Å². The molecule has 146 valence electrons. The quantitative estimate of drug-likeness (QED) is 0.586. The molecule has 0 radical (unpaired) electrons. The molecule has 28 heavy (non-hydrogen) atoms. The molecule has 0 bridgehead atoms. The summed E-state index contributed by atoms with van der Waals surface area (Å²) in [6.07, 6.45) is 3.64. The van der Waals surface area contributed by atoms with Crippen LogP contribution in [0.25, 0.3) is 5.69 Å². The number of hydrogen-bond acceptors (Lipinski definition) is 5. The minimum Gasteiger partial charge on any atom is -0.492 e. The zero-order chi connectivity index (χ0) is 19.9. The maximum atomic E-state index is 12.5. The predicted molar refractivity (Wildman–Crippen MR) is 109 cm³/mol. The van der Waals surface area contributed by atoms with Crippen LogP contribution in [-0.4, -0.2) is 28.2 Å². The van der Waals surface area contributed by atoms with E-state index in [4.69, 9.17) is 4.74 Å². The van der Waals surface area contributed by atoms with Gasteiger partial charge in [-0.2, -0.15) is 0 Å². The number of rotatable bonds is 8. The summed E-state index contributed by atoms with van der Waals surface area (Å²) in [5.41, 5.74) is -1.01. The first-order valence-electron chi connectivity index (χ1n) is 8.93. The van der Waals surface area contributed by atoms with E-state index in [0.29, 0.717) is 24.6 Å². The molecule has 0 fully saturated rings. The first-order chi connectivity index (χ1) is 13.6. The number of carbonyl (C=O) groups is 1. The van der Waals surface area contributed by atoms with Crippen molar-refractivity contribution in [2.75, 3.05) is 13.2 Å². The van der Waals surface area contributed by atoms with Gasteiger partial charge in [-0.25, -0.2) is 0 Å². The highest BCUT2D eigenvalue weighted by molar-refractivity contribution is 7.09. The van der Waals surface area contributed by atoms with Crippen LogP contribution < -0.4 is 21.2 Å². The summed E-state index contributed by atoms with van der Waals surface area (Å²) in [6, 6.07) is 10.9. The highest BCUT2D eigenvalue weighted by Crippen LogP contribution is 2.20. The van der Waals surface area contributed by atoms with Gasteiger partial charge in [0.1, 0.15) is 12.3 Å². The molecule has 3 rings (SSSR count). The number of nitrogens with zero attached hydrogens (tertiary/aromatic N) is 2. The van der Waals surface area contributed by atoms with Gasteiger partial charge in [-0.15, -0.1) is 11.3 Å². The van der Waals surface area contributed by atoms with Gasteiger partial charge in [0.15, 0.2) is 0 Å². The minimum atomic E-state index is -0.762. The molecule has 0 saturated heterocycles. The number of ether oxygens (including phenoxy) is 1. The Kier molecular flexibility index (Phi) is 6.44. The lowest BCUT2D eigenvalue weighted by Gasteiger charge is -2.13. The zero-order valence-electron chi connectivity index (χ0n) is 15.5. The number of thiophene rings is 1. The average molecular weight is 399 g/mol. The molecule has 0 aliphatic heterocycles. The Morgan fingerprint density at radius 3 is 2.68 bits per heavy atom. The van der Waals surface area contributed by atoms with Gasteiger partial charge in [0.2, 0.25) is 5.91 Å². The van der Waals surface area contributed by atoms with E-state index in [1.54, 1.807) is 35.6 Å². The second-order valence-electron chi connectivity index (χ2n) is 5.99. The van der Waals surface area contributed by atoms with Crippen molar-refractivity contribution in [1.82, 2.24) is 14.5 Å². The van der Waals surface area contributed by atoms with Crippen LogP contribution in [0.15, 0.2) is 63.8 Å². The topological polar surface area (TPSA) is 82.3 Å². The largest absolute Gasteiger partial charge is 0.492 e. The molecule has 2 aromatic heterocycles. The van der Waals surface area contributed by atoms with E-state index < -0.39 is 11.1 Å². The molecule has 1 amide bonds. The zero-order valence-corrected chi connectivity index (χ0v) is 16.3. The Bertz CT molecular complexity index is 1050. The molecule has 0 saturated carbocycles. The van der Waals surface area contributed by atoms with Crippen LogP contribution in [-0.2, 0) is 17.8 Å². The van der Waals surface area contributed by atoms with E-state index in [1.165, 1.54) is 21.8 Å². The normalized spacial score (nSPS) is 10.6. The summed E-state index contributed by atoms with van der Waals surface area (Å²) >= 11 is 1.63. The van der Waals surface area contributed by atoms with Gasteiger partial charge in [-0.05, 0) is 36.9 Å². The molecule has 7 nitrogen and oxygen atoms in total. The highest BCUT2D eigenvalue weighted by Gasteiger charge is 2.12. The Hall–Kier alpha value is -3.13. The number of para-hydroxylation sites is 2. The number of nitrogens with one attached hydrogen (secondary N) is 1. The predicted octanol–water partition coefficient (Wildman–Crippen LogP) is 1.82. The fraction of sp³-hybridized carbons (Fsp3) is 0.250. The lowest BCUT2D eigenvalue weighted by atomic mass is 10.3. The molecule has 8 heteroatoms. The van der Waals surface area contributed by atoms with Gasteiger partial charge in [-0.1, -0.05) is 18.2 Å². The van der Waals surface area contributed by atoms with Crippen LogP contribution in [0.1, 0.15) is 11.8 Å². The molecule has 0 aliphatic rings. The van der Waals surface area contributed by atoms with Crippen LogP contribution in [0.2, 0.25) is 0 Å². The molecule has 0 aliphatic carbocycles. The standard InChI is InChI=1S/C20H21N3O4S/c1-2-27-17-8-4-3-7-16(17)23-12-11-22(19(25)20(23)26)14-18(24)21-10-9-15-6-5-13-28-15/h3-8,11-13H,2,9-10,14H2,1H3,(H,21,24). The summed E-state index contributed by atoms with van der Waals surface area (Å²) in [5, 5.41) is 4.75. The molecule has 0 atom stereocenters. The number of hydrogen-bond donors (Lipinski definition) is 1. The molecular weight excluding hydrogens is 378 g/mol. The maximum absolute atomic E-state index is 12.5. The third-order valence-electron chi connectivity index (χ3n) is 4.07. The number of amides is 1. The highest BCUT2D eigenvalue weighted by atomic mass is 32.1. The Labute approximate surface area is 165 Å². The van der Waals surface area contributed by atoms with Gasteiger partial charge >= 0.3 is 11.1 Å². The number of aromatic nitrogens is 2. The van der Waals surface area contributed by atoms with Crippen molar-refractivity contribution in [3.8, 4) is 11.4 Å². The fourth-order valence-corrected chi connectivity index (χ4v) is 3.46. The Balaban J connectivity index is 1.73.